The van der Waals surface area contributed by atoms with Gasteiger partial charge < -0.3 is 5.32 Å². The minimum atomic E-state index is -0.0838. The number of hydrogen-bond acceptors (Lipinski definition) is 4. The van der Waals surface area contributed by atoms with Crippen molar-refractivity contribution in [2.45, 2.75) is 111 Å². The molecule has 0 aliphatic heterocycles. The number of nitrogens with zero attached hydrogens (tertiary/aromatic N) is 4. The van der Waals surface area contributed by atoms with Crippen LogP contribution in [0.2, 0.25) is 0 Å². The second kappa shape index (κ2) is 13.2. The molecule has 2 rings (SSSR count). The van der Waals surface area contributed by atoms with E-state index in [9.17, 15) is 4.79 Å². The topological polar surface area (TPSA) is 72.7 Å². The number of anilines is 1. The van der Waals surface area contributed by atoms with Crippen LogP contribution in [0, 0.1) is 0 Å². The van der Waals surface area contributed by atoms with Gasteiger partial charge in [-0.25, -0.2) is 4.68 Å². The highest BCUT2D eigenvalue weighted by Gasteiger charge is 2.17. The fourth-order valence-electron chi connectivity index (χ4n) is 3.95. The molecular weight excluding hydrogens is 386 g/mol. The Kier molecular flexibility index (Phi) is 10.7. The van der Waals surface area contributed by atoms with E-state index >= 15 is 0 Å². The largest absolute Gasteiger partial charge is 0.324 e. The van der Waals surface area contributed by atoms with Crippen LogP contribution in [0.5, 0.6) is 0 Å². The van der Waals surface area contributed by atoms with Gasteiger partial charge in [-0.2, -0.15) is 0 Å². The molecule has 0 bridgehead atoms. The summed E-state index contributed by atoms with van der Waals surface area (Å²) >= 11 is 0. The van der Waals surface area contributed by atoms with Crippen LogP contribution in [0.15, 0.2) is 18.2 Å². The number of benzene rings is 1. The lowest BCUT2D eigenvalue weighted by Gasteiger charge is -2.20. The number of tetrazole rings is 1. The van der Waals surface area contributed by atoms with E-state index < -0.39 is 0 Å². The summed E-state index contributed by atoms with van der Waals surface area (Å²) in [7, 11) is 0. The van der Waals surface area contributed by atoms with Crippen molar-refractivity contribution in [2.24, 2.45) is 0 Å². The molecular formula is C25H41N5O. The van der Waals surface area contributed by atoms with Crippen LogP contribution in [-0.2, 0) is 17.8 Å². The van der Waals surface area contributed by atoms with E-state index in [-0.39, 0.29) is 12.5 Å². The van der Waals surface area contributed by atoms with E-state index in [0.29, 0.717) is 11.8 Å². The number of para-hydroxylation sites is 1. The van der Waals surface area contributed by atoms with Crippen molar-refractivity contribution in [1.29, 1.82) is 0 Å². The molecule has 1 aromatic heterocycles. The first-order valence-electron chi connectivity index (χ1n) is 12.1. The van der Waals surface area contributed by atoms with Crippen molar-refractivity contribution in [3.63, 3.8) is 0 Å². The molecule has 0 fully saturated rings. The number of amides is 1. The van der Waals surface area contributed by atoms with Crippen LogP contribution >= 0.6 is 0 Å². The normalized spacial score (nSPS) is 11.5. The Morgan fingerprint density at radius 1 is 0.935 bits per heavy atom. The van der Waals surface area contributed by atoms with Gasteiger partial charge in [-0.1, -0.05) is 97.8 Å². The second-order valence-electron chi connectivity index (χ2n) is 9.15. The van der Waals surface area contributed by atoms with Crippen molar-refractivity contribution in [1.82, 2.24) is 20.2 Å². The first-order chi connectivity index (χ1) is 14.9. The zero-order valence-electron chi connectivity index (χ0n) is 20.2. The van der Waals surface area contributed by atoms with E-state index in [4.69, 9.17) is 0 Å². The van der Waals surface area contributed by atoms with Crippen molar-refractivity contribution >= 4 is 11.6 Å². The average Bonchev–Trinajstić information content (AvgIpc) is 3.16. The van der Waals surface area contributed by atoms with E-state index in [0.717, 1.165) is 35.5 Å². The van der Waals surface area contributed by atoms with E-state index in [1.807, 2.05) is 0 Å². The van der Waals surface area contributed by atoms with E-state index in [1.165, 1.54) is 44.9 Å². The van der Waals surface area contributed by atoms with Crippen LogP contribution in [0.1, 0.15) is 115 Å². The quantitative estimate of drug-likeness (QED) is 0.362. The minimum Gasteiger partial charge on any atom is -0.324 e. The highest BCUT2D eigenvalue weighted by molar-refractivity contribution is 5.92. The molecule has 1 aromatic carbocycles. The summed E-state index contributed by atoms with van der Waals surface area (Å²) in [6, 6.07) is 6.26. The zero-order chi connectivity index (χ0) is 22.6. The summed E-state index contributed by atoms with van der Waals surface area (Å²) in [5.74, 6) is 1.38. The molecule has 6 heteroatoms. The van der Waals surface area contributed by atoms with Crippen LogP contribution in [-0.4, -0.2) is 26.1 Å². The SMILES string of the molecule is CCCCCCCCCCc1nnnn1CC(=O)Nc1c(C(C)C)cccc1C(C)C. The molecule has 1 heterocycles. The summed E-state index contributed by atoms with van der Waals surface area (Å²) in [5.41, 5.74) is 3.26. The smallest absolute Gasteiger partial charge is 0.246 e. The molecule has 31 heavy (non-hydrogen) atoms. The number of carbonyl (C=O) groups excluding carboxylic acids is 1. The molecule has 0 atom stereocenters. The molecule has 172 valence electrons. The number of nitrogens with one attached hydrogen (secondary N) is 1. The Balaban J connectivity index is 1.90. The molecule has 0 aliphatic carbocycles. The Labute approximate surface area is 188 Å². The monoisotopic (exact) mass is 427 g/mol. The fraction of sp³-hybridized carbons (Fsp3) is 0.680. The van der Waals surface area contributed by atoms with Gasteiger partial charge >= 0.3 is 0 Å². The van der Waals surface area contributed by atoms with Gasteiger partial charge in [0.15, 0.2) is 5.82 Å². The molecule has 0 radical (unpaired) electrons. The molecule has 1 N–H and O–H groups in total. The molecule has 0 saturated carbocycles. The number of unbranched alkanes of at least 4 members (excludes halogenated alkanes) is 7. The average molecular weight is 428 g/mol. The van der Waals surface area contributed by atoms with Gasteiger partial charge in [-0.15, -0.1) is 5.10 Å². The number of carbonyl (C=O) groups is 1. The Morgan fingerprint density at radius 3 is 2.10 bits per heavy atom. The zero-order valence-corrected chi connectivity index (χ0v) is 20.2. The predicted octanol–water partition coefficient (Wildman–Crippen LogP) is 6.24. The van der Waals surface area contributed by atoms with Crippen LogP contribution in [0.3, 0.4) is 0 Å². The first-order valence-corrected chi connectivity index (χ1v) is 12.1. The lowest BCUT2D eigenvalue weighted by molar-refractivity contribution is -0.117. The van der Waals surface area contributed by atoms with Crippen LogP contribution in [0.25, 0.3) is 0 Å². The van der Waals surface area contributed by atoms with Gasteiger partial charge in [0.2, 0.25) is 5.91 Å². The number of hydrogen-bond donors (Lipinski definition) is 1. The molecule has 0 unspecified atom stereocenters. The maximum absolute atomic E-state index is 12.9. The summed E-state index contributed by atoms with van der Waals surface area (Å²) in [4.78, 5) is 12.9. The summed E-state index contributed by atoms with van der Waals surface area (Å²) in [6.45, 7) is 11.0. The highest BCUT2D eigenvalue weighted by atomic mass is 16.2. The van der Waals surface area contributed by atoms with E-state index in [2.05, 4.69) is 73.7 Å². The summed E-state index contributed by atoms with van der Waals surface area (Å²) in [6.07, 6.45) is 10.9. The third-order valence-electron chi connectivity index (χ3n) is 5.79. The first kappa shape index (κ1) is 25.0. The molecule has 1 amide bonds. The predicted molar refractivity (Wildman–Crippen MR) is 127 cm³/mol. The second-order valence-corrected chi connectivity index (χ2v) is 9.15. The van der Waals surface area contributed by atoms with Gasteiger partial charge in [-0.3, -0.25) is 4.79 Å². The molecule has 0 spiro atoms. The fourth-order valence-corrected chi connectivity index (χ4v) is 3.95. The van der Waals surface area contributed by atoms with E-state index in [1.54, 1.807) is 4.68 Å². The summed E-state index contributed by atoms with van der Waals surface area (Å²) in [5, 5.41) is 15.2. The lowest BCUT2D eigenvalue weighted by Crippen LogP contribution is -2.23. The van der Waals surface area contributed by atoms with Gasteiger partial charge in [0.05, 0.1) is 0 Å². The highest BCUT2D eigenvalue weighted by Crippen LogP contribution is 2.32. The van der Waals surface area contributed by atoms with Crippen LogP contribution in [0.4, 0.5) is 5.69 Å². The lowest BCUT2D eigenvalue weighted by atomic mass is 9.92. The Morgan fingerprint density at radius 2 is 1.52 bits per heavy atom. The van der Waals surface area contributed by atoms with Gasteiger partial charge in [0, 0.05) is 12.1 Å². The number of rotatable bonds is 14. The van der Waals surface area contributed by atoms with Gasteiger partial charge in [0.25, 0.3) is 0 Å². The van der Waals surface area contributed by atoms with Crippen molar-refractivity contribution < 1.29 is 4.79 Å². The molecule has 0 aliphatic rings. The van der Waals surface area contributed by atoms with Crippen LogP contribution < -0.4 is 5.32 Å². The molecule has 2 aromatic rings. The Bertz CT molecular complexity index is 771. The van der Waals surface area contributed by atoms with Crippen molar-refractivity contribution in [3.05, 3.63) is 35.2 Å². The van der Waals surface area contributed by atoms with Gasteiger partial charge in [-0.05, 0) is 39.8 Å². The number of aromatic nitrogens is 4. The van der Waals surface area contributed by atoms with Crippen molar-refractivity contribution in [3.8, 4) is 0 Å². The third kappa shape index (κ3) is 8.08. The molecule has 6 nitrogen and oxygen atoms in total. The maximum atomic E-state index is 12.9. The maximum Gasteiger partial charge on any atom is 0.246 e. The van der Waals surface area contributed by atoms with Crippen molar-refractivity contribution in [2.75, 3.05) is 5.32 Å². The Hall–Kier alpha value is -2.24. The third-order valence-corrected chi connectivity index (χ3v) is 5.79. The summed E-state index contributed by atoms with van der Waals surface area (Å²) < 4.78 is 1.64. The minimum absolute atomic E-state index is 0.0838. The number of aryl methyl sites for hydroxylation is 1. The molecule has 0 saturated heterocycles. The van der Waals surface area contributed by atoms with Gasteiger partial charge in [0.1, 0.15) is 6.54 Å². The standard InChI is InChI=1S/C25H41N5O/c1-6-7-8-9-10-11-12-13-17-23-27-28-29-30(23)18-24(31)26-25-21(19(2)3)15-14-16-22(25)20(4)5/h14-16,19-20H,6-13,17-18H2,1-5H3,(H,26,31).